The number of nitrogens with two attached hydrogens (primary N) is 1. The van der Waals surface area contributed by atoms with Crippen LogP contribution < -0.4 is 10.6 Å². The highest BCUT2D eigenvalue weighted by Crippen LogP contribution is 2.31. The predicted octanol–water partition coefficient (Wildman–Crippen LogP) is 2.31. The van der Waals surface area contributed by atoms with Crippen molar-refractivity contribution in [3.63, 3.8) is 0 Å². The van der Waals surface area contributed by atoms with Gasteiger partial charge in [0.25, 0.3) is 11.6 Å². The van der Waals surface area contributed by atoms with Crippen molar-refractivity contribution in [1.29, 1.82) is 0 Å². The Bertz CT molecular complexity index is 896. The number of esters is 1. The number of anilines is 2. The molecule has 1 heterocycles. The first-order chi connectivity index (χ1) is 12.4. The minimum Gasteiger partial charge on any atom is -0.452 e. The molecule has 134 valence electrons. The molecule has 2 N–H and O–H groups in total. The van der Waals surface area contributed by atoms with Crippen molar-refractivity contribution in [3.05, 3.63) is 63.7 Å². The zero-order chi connectivity index (χ0) is 18.8. The molecule has 0 aromatic heterocycles. The van der Waals surface area contributed by atoms with Gasteiger partial charge < -0.3 is 15.4 Å². The Balaban J connectivity index is 1.68. The molecule has 1 aliphatic heterocycles. The van der Waals surface area contributed by atoms with Crippen LogP contribution in [0, 0.1) is 10.1 Å². The first kappa shape index (κ1) is 17.4. The molecule has 8 heteroatoms. The van der Waals surface area contributed by atoms with E-state index in [1.54, 1.807) is 4.90 Å². The number of hydrogen-bond acceptors (Lipinski definition) is 6. The maximum Gasteiger partial charge on any atom is 0.340 e. The number of fused-ring (bicyclic) bond motifs is 1. The number of nitrogens with zero attached hydrogens (tertiary/aromatic N) is 2. The molecule has 1 atom stereocenters. The fraction of sp³-hybridized carbons (Fsp3) is 0.222. The van der Waals surface area contributed by atoms with E-state index in [4.69, 9.17) is 10.5 Å². The third kappa shape index (κ3) is 3.21. The second-order valence-electron chi connectivity index (χ2n) is 6.05. The predicted molar refractivity (Wildman–Crippen MR) is 94.9 cm³/mol. The van der Waals surface area contributed by atoms with Gasteiger partial charge in [-0.1, -0.05) is 18.2 Å². The summed E-state index contributed by atoms with van der Waals surface area (Å²) in [7, 11) is 0. The quantitative estimate of drug-likeness (QED) is 0.389. The molecule has 2 aromatic carbocycles. The SMILES string of the molecule is C[C@H]1Cc2ccccc2N1C(=O)COC(=O)c1ccc([N+](=O)[O-])cc1N. The van der Waals surface area contributed by atoms with Gasteiger partial charge in [0.2, 0.25) is 0 Å². The highest BCUT2D eigenvalue weighted by Gasteiger charge is 2.31. The van der Waals surface area contributed by atoms with Gasteiger partial charge in [0, 0.05) is 23.9 Å². The minimum absolute atomic E-state index is 0.0155. The number of ether oxygens (including phenoxy) is 1. The second-order valence-corrected chi connectivity index (χ2v) is 6.05. The van der Waals surface area contributed by atoms with E-state index in [1.165, 1.54) is 6.07 Å². The van der Waals surface area contributed by atoms with Crippen LogP contribution in [0.25, 0.3) is 0 Å². The molecule has 0 aliphatic carbocycles. The number of carbonyl (C=O) groups excluding carboxylic acids is 2. The Kier molecular flexibility index (Phi) is 4.57. The Morgan fingerprint density at radius 3 is 2.73 bits per heavy atom. The van der Waals surface area contributed by atoms with Gasteiger partial charge in [0.15, 0.2) is 6.61 Å². The molecular weight excluding hydrogens is 338 g/mol. The van der Waals surface area contributed by atoms with Crippen LogP contribution in [0.1, 0.15) is 22.8 Å². The van der Waals surface area contributed by atoms with Gasteiger partial charge in [-0.05, 0) is 31.0 Å². The summed E-state index contributed by atoms with van der Waals surface area (Å²) in [6.45, 7) is 1.49. The summed E-state index contributed by atoms with van der Waals surface area (Å²) in [5.41, 5.74) is 7.25. The van der Waals surface area contributed by atoms with E-state index in [0.717, 1.165) is 29.8 Å². The lowest BCUT2D eigenvalue weighted by molar-refractivity contribution is -0.384. The molecule has 8 nitrogen and oxygen atoms in total. The van der Waals surface area contributed by atoms with Gasteiger partial charge in [-0.3, -0.25) is 14.9 Å². The number of nitro groups is 1. The fourth-order valence-electron chi connectivity index (χ4n) is 3.07. The largest absolute Gasteiger partial charge is 0.452 e. The summed E-state index contributed by atoms with van der Waals surface area (Å²) >= 11 is 0. The summed E-state index contributed by atoms with van der Waals surface area (Å²) in [6, 6.07) is 11.0. The molecule has 1 amide bonds. The molecular formula is C18H17N3O5. The molecule has 0 radical (unpaired) electrons. The number of para-hydroxylation sites is 1. The highest BCUT2D eigenvalue weighted by atomic mass is 16.6. The molecule has 0 saturated carbocycles. The number of benzene rings is 2. The van der Waals surface area contributed by atoms with Crippen LogP contribution >= 0.6 is 0 Å². The number of nitrogen functional groups attached to an aromatic ring is 1. The Labute approximate surface area is 149 Å². The van der Waals surface area contributed by atoms with E-state index in [1.807, 2.05) is 31.2 Å². The van der Waals surface area contributed by atoms with Crippen molar-refractivity contribution >= 4 is 28.9 Å². The van der Waals surface area contributed by atoms with Crippen molar-refractivity contribution in [2.24, 2.45) is 0 Å². The van der Waals surface area contributed by atoms with E-state index >= 15 is 0 Å². The zero-order valence-electron chi connectivity index (χ0n) is 14.0. The van der Waals surface area contributed by atoms with Gasteiger partial charge in [-0.2, -0.15) is 0 Å². The minimum atomic E-state index is -0.800. The van der Waals surface area contributed by atoms with E-state index in [0.29, 0.717) is 0 Å². The zero-order valence-corrected chi connectivity index (χ0v) is 14.0. The van der Waals surface area contributed by atoms with Crippen LogP contribution in [0.5, 0.6) is 0 Å². The van der Waals surface area contributed by atoms with Crippen molar-refractivity contribution in [3.8, 4) is 0 Å². The Morgan fingerprint density at radius 1 is 1.31 bits per heavy atom. The number of nitro benzene ring substituents is 1. The van der Waals surface area contributed by atoms with E-state index < -0.39 is 17.5 Å². The molecule has 1 aliphatic rings. The summed E-state index contributed by atoms with van der Waals surface area (Å²) < 4.78 is 5.07. The monoisotopic (exact) mass is 355 g/mol. The first-order valence-corrected chi connectivity index (χ1v) is 7.99. The molecule has 3 rings (SSSR count). The summed E-state index contributed by atoms with van der Waals surface area (Å²) in [5, 5.41) is 10.7. The van der Waals surface area contributed by atoms with Crippen LogP contribution in [0.2, 0.25) is 0 Å². The van der Waals surface area contributed by atoms with Crippen LogP contribution in [-0.2, 0) is 16.0 Å². The van der Waals surface area contributed by atoms with Gasteiger partial charge in [-0.15, -0.1) is 0 Å². The standard InChI is InChI=1S/C18H17N3O5/c1-11-8-12-4-2-3-5-16(12)20(11)17(22)10-26-18(23)14-7-6-13(21(24)25)9-15(14)19/h2-7,9,11H,8,10,19H2,1H3/t11-/m0/s1. The van der Waals surface area contributed by atoms with Gasteiger partial charge in [0.05, 0.1) is 16.2 Å². The lowest BCUT2D eigenvalue weighted by atomic mass is 10.1. The lowest BCUT2D eigenvalue weighted by Crippen LogP contribution is -2.38. The van der Waals surface area contributed by atoms with Crippen molar-refractivity contribution in [2.45, 2.75) is 19.4 Å². The van der Waals surface area contributed by atoms with Crippen LogP contribution in [0.4, 0.5) is 17.1 Å². The summed E-state index contributed by atoms with van der Waals surface area (Å²) in [6.07, 6.45) is 0.741. The van der Waals surface area contributed by atoms with E-state index in [2.05, 4.69) is 0 Å². The van der Waals surface area contributed by atoms with Crippen molar-refractivity contribution in [2.75, 3.05) is 17.2 Å². The Hall–Kier alpha value is -3.42. The highest BCUT2D eigenvalue weighted by molar-refractivity contribution is 6.00. The number of hydrogen-bond donors (Lipinski definition) is 1. The summed E-state index contributed by atoms with van der Waals surface area (Å²) in [4.78, 5) is 36.4. The molecule has 26 heavy (non-hydrogen) atoms. The number of non-ortho nitro benzene ring substituents is 1. The molecule has 0 bridgehead atoms. The number of carbonyl (C=O) groups is 2. The first-order valence-electron chi connectivity index (χ1n) is 7.99. The third-order valence-electron chi connectivity index (χ3n) is 4.27. The van der Waals surface area contributed by atoms with Crippen LogP contribution in [0.3, 0.4) is 0 Å². The van der Waals surface area contributed by atoms with Crippen LogP contribution in [0.15, 0.2) is 42.5 Å². The average Bonchev–Trinajstić information content (AvgIpc) is 2.95. The average molecular weight is 355 g/mol. The molecule has 0 fully saturated rings. The number of amides is 1. The molecule has 0 spiro atoms. The number of rotatable bonds is 4. The fourth-order valence-corrected chi connectivity index (χ4v) is 3.07. The van der Waals surface area contributed by atoms with Crippen LogP contribution in [-0.4, -0.2) is 29.4 Å². The maximum absolute atomic E-state index is 12.5. The third-order valence-corrected chi connectivity index (χ3v) is 4.27. The van der Waals surface area contributed by atoms with Gasteiger partial charge in [0.1, 0.15) is 0 Å². The molecule has 0 saturated heterocycles. The second kappa shape index (κ2) is 6.83. The molecule has 0 unspecified atom stereocenters. The van der Waals surface area contributed by atoms with E-state index in [9.17, 15) is 19.7 Å². The molecule has 2 aromatic rings. The Morgan fingerprint density at radius 2 is 2.04 bits per heavy atom. The smallest absolute Gasteiger partial charge is 0.340 e. The van der Waals surface area contributed by atoms with Crippen molar-refractivity contribution in [1.82, 2.24) is 0 Å². The van der Waals surface area contributed by atoms with E-state index in [-0.39, 0.29) is 28.9 Å². The summed E-state index contributed by atoms with van der Waals surface area (Å²) in [5.74, 6) is -1.14. The lowest BCUT2D eigenvalue weighted by Gasteiger charge is -2.22. The topological polar surface area (TPSA) is 116 Å². The van der Waals surface area contributed by atoms with Crippen molar-refractivity contribution < 1.29 is 19.2 Å². The maximum atomic E-state index is 12.5. The normalized spacial score (nSPS) is 15.4. The van der Waals surface area contributed by atoms with Gasteiger partial charge in [-0.25, -0.2) is 4.79 Å². The van der Waals surface area contributed by atoms with Gasteiger partial charge >= 0.3 is 5.97 Å².